The summed E-state index contributed by atoms with van der Waals surface area (Å²) in [6, 6.07) is 8.11. The molecule has 0 bridgehead atoms. The number of carbonyl (C=O) groups excluding carboxylic acids is 1. The van der Waals surface area contributed by atoms with Crippen molar-refractivity contribution in [1.29, 1.82) is 0 Å². The molecule has 0 saturated heterocycles. The van der Waals surface area contributed by atoms with Crippen LogP contribution in [0.15, 0.2) is 54.3 Å². The molecule has 0 aliphatic carbocycles. The molecule has 2 aromatic heterocycles. The minimum atomic E-state index is -0.534. The van der Waals surface area contributed by atoms with Gasteiger partial charge in [0.05, 0.1) is 18.4 Å². The van der Waals surface area contributed by atoms with Gasteiger partial charge in [0.1, 0.15) is 5.60 Å². The molecule has 0 spiro atoms. The van der Waals surface area contributed by atoms with Crippen LogP contribution in [0.3, 0.4) is 0 Å². The number of alkyl carbamates (subject to hydrolysis) is 1. The van der Waals surface area contributed by atoms with Crippen molar-refractivity contribution in [2.45, 2.75) is 26.4 Å². The predicted octanol–water partition coefficient (Wildman–Crippen LogP) is 4.65. The molecule has 8 heteroatoms. The number of thiazole rings is 1. The van der Waals surface area contributed by atoms with E-state index in [0.29, 0.717) is 10.8 Å². The molecule has 3 aromatic rings. The second-order valence-electron chi connectivity index (χ2n) is 7.19. The molecule has 0 aliphatic rings. The number of carbonyl (C=O) groups is 1. The van der Waals surface area contributed by atoms with E-state index >= 15 is 0 Å². The molecule has 7 nitrogen and oxygen atoms in total. The zero-order valence-electron chi connectivity index (χ0n) is 16.1. The third-order valence-electron chi connectivity index (χ3n) is 3.62. The van der Waals surface area contributed by atoms with Gasteiger partial charge >= 0.3 is 6.09 Å². The first kappa shape index (κ1) is 19.6. The number of hydrogen-bond acceptors (Lipinski definition) is 6. The van der Waals surface area contributed by atoms with Crippen LogP contribution < -0.4 is 10.6 Å². The quantitative estimate of drug-likeness (QED) is 0.563. The summed E-state index contributed by atoms with van der Waals surface area (Å²) in [4.78, 5) is 16.3. The van der Waals surface area contributed by atoms with Crippen molar-refractivity contribution in [3.8, 4) is 22.4 Å². The van der Waals surface area contributed by atoms with Gasteiger partial charge in [-0.05, 0) is 32.4 Å². The van der Waals surface area contributed by atoms with Gasteiger partial charge in [-0.15, -0.1) is 11.3 Å². The first-order valence-corrected chi connectivity index (χ1v) is 9.65. The number of rotatable bonds is 6. The zero-order chi connectivity index (χ0) is 20.1. The van der Waals surface area contributed by atoms with E-state index in [9.17, 15) is 4.79 Å². The number of nitrogens with one attached hydrogen (secondary N) is 3. The van der Waals surface area contributed by atoms with Gasteiger partial charge in [0, 0.05) is 28.4 Å². The zero-order valence-corrected chi connectivity index (χ0v) is 16.9. The Morgan fingerprint density at radius 2 is 2.07 bits per heavy atom. The van der Waals surface area contributed by atoms with Crippen molar-refractivity contribution in [1.82, 2.24) is 20.5 Å². The average molecular weight is 398 g/mol. The number of benzene rings is 1. The van der Waals surface area contributed by atoms with Crippen LogP contribution in [0.4, 0.5) is 9.93 Å². The summed E-state index contributed by atoms with van der Waals surface area (Å²) in [6.07, 6.45) is 3.16. The normalized spacial score (nSPS) is 11.1. The first-order valence-electron chi connectivity index (χ1n) is 8.77. The van der Waals surface area contributed by atoms with E-state index in [1.54, 1.807) is 6.20 Å². The van der Waals surface area contributed by atoms with Crippen molar-refractivity contribution in [3.05, 3.63) is 54.3 Å². The van der Waals surface area contributed by atoms with Gasteiger partial charge in [-0.25, -0.2) is 9.78 Å². The molecule has 1 aromatic carbocycles. The smallest absolute Gasteiger partial charge is 0.407 e. The summed E-state index contributed by atoms with van der Waals surface area (Å²) in [6.45, 7) is 9.63. The molecule has 0 radical (unpaired) electrons. The number of ether oxygens (including phenoxy) is 1. The third kappa shape index (κ3) is 5.43. The molecular weight excluding hydrogens is 374 g/mol. The van der Waals surface area contributed by atoms with Gasteiger partial charge < -0.3 is 15.4 Å². The van der Waals surface area contributed by atoms with Crippen molar-refractivity contribution < 1.29 is 9.53 Å². The Morgan fingerprint density at radius 1 is 1.29 bits per heavy atom. The molecule has 2 heterocycles. The first-order chi connectivity index (χ1) is 13.3. The molecule has 1 amide bonds. The van der Waals surface area contributed by atoms with Gasteiger partial charge in [-0.1, -0.05) is 24.8 Å². The van der Waals surface area contributed by atoms with Crippen LogP contribution in [0.1, 0.15) is 20.8 Å². The van der Waals surface area contributed by atoms with E-state index in [2.05, 4.69) is 38.5 Å². The number of anilines is 1. The van der Waals surface area contributed by atoms with Crippen molar-refractivity contribution in [2.24, 2.45) is 0 Å². The largest absolute Gasteiger partial charge is 0.444 e. The summed E-state index contributed by atoms with van der Waals surface area (Å²) in [5.74, 6) is 0. The van der Waals surface area contributed by atoms with E-state index < -0.39 is 11.7 Å². The summed E-state index contributed by atoms with van der Waals surface area (Å²) in [5, 5.41) is 15.3. The molecular formula is C20H23N5O2S. The van der Waals surface area contributed by atoms with Crippen LogP contribution in [0.2, 0.25) is 0 Å². The summed E-state index contributed by atoms with van der Waals surface area (Å²) >= 11 is 1.47. The summed E-state index contributed by atoms with van der Waals surface area (Å²) in [7, 11) is 0. The van der Waals surface area contributed by atoms with Crippen molar-refractivity contribution >= 4 is 22.6 Å². The number of aromatic nitrogens is 3. The maximum atomic E-state index is 11.7. The third-order valence-corrected chi connectivity index (χ3v) is 4.38. The lowest BCUT2D eigenvalue weighted by Gasteiger charge is -2.20. The SMILES string of the molecule is C=C(CNC(=O)OC(C)(C)C)Nc1nc(-c2cccc(-c3cn[nH]c3)c2)cs1. The lowest BCUT2D eigenvalue weighted by atomic mass is 10.1. The molecule has 0 atom stereocenters. The Labute approximate surface area is 167 Å². The predicted molar refractivity (Wildman–Crippen MR) is 112 cm³/mol. The molecule has 0 fully saturated rings. The summed E-state index contributed by atoms with van der Waals surface area (Å²) in [5.41, 5.74) is 4.07. The van der Waals surface area contributed by atoms with Crippen molar-refractivity contribution in [3.63, 3.8) is 0 Å². The van der Waals surface area contributed by atoms with E-state index in [-0.39, 0.29) is 6.54 Å². The lowest BCUT2D eigenvalue weighted by Crippen LogP contribution is -2.34. The molecule has 28 heavy (non-hydrogen) atoms. The minimum absolute atomic E-state index is 0.250. The van der Waals surface area contributed by atoms with Gasteiger partial charge in [0.15, 0.2) is 5.13 Å². The van der Waals surface area contributed by atoms with Crippen LogP contribution in [-0.4, -0.2) is 33.4 Å². The maximum Gasteiger partial charge on any atom is 0.407 e. The monoisotopic (exact) mass is 397 g/mol. The van der Waals surface area contributed by atoms with Crippen LogP contribution in [0, 0.1) is 0 Å². The van der Waals surface area contributed by atoms with E-state index in [0.717, 1.165) is 22.4 Å². The van der Waals surface area contributed by atoms with Gasteiger partial charge in [-0.3, -0.25) is 5.10 Å². The highest BCUT2D eigenvalue weighted by molar-refractivity contribution is 7.14. The van der Waals surface area contributed by atoms with Crippen LogP contribution in [-0.2, 0) is 4.74 Å². The van der Waals surface area contributed by atoms with Crippen LogP contribution in [0.5, 0.6) is 0 Å². The van der Waals surface area contributed by atoms with Crippen LogP contribution in [0.25, 0.3) is 22.4 Å². The lowest BCUT2D eigenvalue weighted by molar-refractivity contribution is 0.0533. The summed E-state index contributed by atoms with van der Waals surface area (Å²) < 4.78 is 5.20. The van der Waals surface area contributed by atoms with E-state index in [1.165, 1.54) is 11.3 Å². The maximum absolute atomic E-state index is 11.7. The fourth-order valence-electron chi connectivity index (χ4n) is 2.42. The van der Waals surface area contributed by atoms with E-state index in [4.69, 9.17) is 4.74 Å². The Hall–Kier alpha value is -3.13. The average Bonchev–Trinajstić information content (AvgIpc) is 3.31. The molecule has 0 aliphatic heterocycles. The number of nitrogens with zero attached hydrogens (tertiary/aromatic N) is 2. The van der Waals surface area contributed by atoms with Gasteiger partial charge in [0.2, 0.25) is 0 Å². The van der Waals surface area contributed by atoms with Crippen molar-refractivity contribution in [2.75, 3.05) is 11.9 Å². The topological polar surface area (TPSA) is 91.9 Å². The Balaban J connectivity index is 1.59. The fraction of sp³-hybridized carbons (Fsp3) is 0.250. The molecule has 146 valence electrons. The number of H-pyrrole nitrogens is 1. The molecule has 0 unspecified atom stereocenters. The molecule has 0 saturated carbocycles. The second kappa shape index (κ2) is 8.26. The second-order valence-corrected chi connectivity index (χ2v) is 8.05. The fourth-order valence-corrected chi connectivity index (χ4v) is 3.19. The Kier molecular flexibility index (Phi) is 5.79. The molecule has 3 rings (SSSR count). The highest BCUT2D eigenvalue weighted by atomic mass is 32.1. The highest BCUT2D eigenvalue weighted by Gasteiger charge is 2.16. The molecule has 3 N–H and O–H groups in total. The highest BCUT2D eigenvalue weighted by Crippen LogP contribution is 2.28. The Morgan fingerprint density at radius 3 is 2.79 bits per heavy atom. The van der Waals surface area contributed by atoms with Gasteiger partial charge in [-0.2, -0.15) is 5.10 Å². The van der Waals surface area contributed by atoms with E-state index in [1.807, 2.05) is 50.5 Å². The van der Waals surface area contributed by atoms with Gasteiger partial charge in [0.25, 0.3) is 0 Å². The standard InChI is InChI=1S/C20H23N5O2S/c1-13(9-21-19(26)27-20(2,3)4)24-18-25-17(12-28-18)15-7-5-6-14(8-15)16-10-22-23-11-16/h5-8,10-12H,1,9H2,2-4H3,(H,21,26)(H,22,23)(H,24,25). The Bertz CT molecular complexity index is 957. The minimum Gasteiger partial charge on any atom is -0.444 e. The number of aromatic amines is 1. The van der Waals surface area contributed by atoms with Crippen LogP contribution >= 0.6 is 11.3 Å². The number of amides is 1. The number of hydrogen-bond donors (Lipinski definition) is 3.